The first-order valence-corrected chi connectivity index (χ1v) is 9.14. The number of rotatable bonds is 5. The summed E-state index contributed by atoms with van der Waals surface area (Å²) in [5.74, 6) is -1.11. The van der Waals surface area contributed by atoms with Crippen LogP contribution in [0.5, 0.6) is 5.75 Å². The van der Waals surface area contributed by atoms with Gasteiger partial charge >= 0.3 is 11.9 Å². The number of nitrogens with one attached hydrogen (secondary N) is 1. The molecule has 0 aliphatic carbocycles. The van der Waals surface area contributed by atoms with Crippen LogP contribution in [0.1, 0.15) is 15.9 Å². The molecule has 29 heavy (non-hydrogen) atoms. The summed E-state index contributed by atoms with van der Waals surface area (Å²) in [5, 5.41) is 10.5. The van der Waals surface area contributed by atoms with Crippen molar-refractivity contribution in [2.24, 2.45) is 10.2 Å². The fourth-order valence-electron chi connectivity index (χ4n) is 2.15. The first kappa shape index (κ1) is 20.0. The Bertz CT molecular complexity index is 1010. The Labute approximate surface area is 170 Å². The zero-order valence-corrected chi connectivity index (χ0v) is 16.0. The van der Waals surface area contributed by atoms with Gasteiger partial charge in [0.25, 0.3) is 5.91 Å². The molecule has 1 aliphatic rings. The fourth-order valence-corrected chi connectivity index (χ4v) is 2.89. The first-order chi connectivity index (χ1) is 14.0. The average molecular weight is 409 g/mol. The topological polar surface area (TPSA) is 106 Å². The van der Waals surface area contributed by atoms with Gasteiger partial charge in [0, 0.05) is 6.08 Å². The number of thioether (sulfide) groups is 1. The number of carbonyl (C=O) groups excluding carboxylic acids is 3. The molecule has 0 unspecified atom stereocenters. The van der Waals surface area contributed by atoms with Crippen molar-refractivity contribution in [2.45, 2.75) is 0 Å². The van der Waals surface area contributed by atoms with Crippen molar-refractivity contribution in [3.8, 4) is 5.75 Å². The van der Waals surface area contributed by atoms with E-state index in [2.05, 4.69) is 20.3 Å². The third-order valence-corrected chi connectivity index (χ3v) is 4.46. The standard InChI is InChI=1S/C20H15N3O5S/c1-27-17(24)11-16-18(25)22-20(29-16)23-21-12-13-7-9-15(10-8-13)28-19(26)14-5-3-2-4-6-14/h2-12H,1H3,(H,22,23,25)/b16-11+,21-12?. The van der Waals surface area contributed by atoms with Crippen molar-refractivity contribution in [3.05, 3.63) is 76.7 Å². The van der Waals surface area contributed by atoms with Crippen molar-refractivity contribution in [2.75, 3.05) is 7.11 Å². The molecule has 0 radical (unpaired) electrons. The maximum Gasteiger partial charge on any atom is 0.343 e. The quantitative estimate of drug-likeness (QED) is 0.267. The van der Waals surface area contributed by atoms with E-state index >= 15 is 0 Å². The summed E-state index contributed by atoms with van der Waals surface area (Å²) in [6.07, 6.45) is 2.56. The van der Waals surface area contributed by atoms with E-state index in [-0.39, 0.29) is 10.1 Å². The number of methoxy groups -OCH3 is 1. The van der Waals surface area contributed by atoms with Gasteiger partial charge < -0.3 is 9.47 Å². The summed E-state index contributed by atoms with van der Waals surface area (Å²) < 4.78 is 9.78. The Morgan fingerprint density at radius 2 is 1.79 bits per heavy atom. The van der Waals surface area contributed by atoms with Gasteiger partial charge in [0.15, 0.2) is 5.17 Å². The second-order valence-electron chi connectivity index (χ2n) is 5.56. The van der Waals surface area contributed by atoms with Crippen LogP contribution in [-0.4, -0.2) is 36.3 Å². The largest absolute Gasteiger partial charge is 0.466 e. The minimum atomic E-state index is -0.625. The lowest BCUT2D eigenvalue weighted by Gasteiger charge is -2.04. The number of esters is 2. The molecule has 0 atom stereocenters. The van der Waals surface area contributed by atoms with E-state index in [1.54, 1.807) is 48.5 Å². The number of amidine groups is 1. The molecule has 0 spiro atoms. The summed E-state index contributed by atoms with van der Waals surface area (Å²) in [6.45, 7) is 0. The molecule has 146 valence electrons. The van der Waals surface area contributed by atoms with Gasteiger partial charge in [-0.3, -0.25) is 10.1 Å². The van der Waals surface area contributed by atoms with Crippen LogP contribution in [0.15, 0.2) is 75.8 Å². The van der Waals surface area contributed by atoms with Crippen LogP contribution in [0.3, 0.4) is 0 Å². The Hall–Kier alpha value is -3.72. The lowest BCUT2D eigenvalue weighted by Crippen LogP contribution is -2.19. The van der Waals surface area contributed by atoms with E-state index in [4.69, 9.17) is 4.74 Å². The molecule has 1 fully saturated rings. The predicted octanol–water partition coefficient (Wildman–Crippen LogP) is 2.52. The van der Waals surface area contributed by atoms with Crippen LogP contribution in [0.4, 0.5) is 0 Å². The average Bonchev–Trinajstić information content (AvgIpc) is 3.08. The minimum absolute atomic E-state index is 0.176. The molecule has 0 bridgehead atoms. The summed E-state index contributed by atoms with van der Waals surface area (Å²) in [6, 6.07) is 15.4. The van der Waals surface area contributed by atoms with Crippen LogP contribution in [-0.2, 0) is 14.3 Å². The third-order valence-electron chi connectivity index (χ3n) is 3.56. The van der Waals surface area contributed by atoms with Crippen LogP contribution < -0.4 is 10.1 Å². The molecule has 1 amide bonds. The van der Waals surface area contributed by atoms with Crippen molar-refractivity contribution < 1.29 is 23.9 Å². The van der Waals surface area contributed by atoms with Gasteiger partial charge in [-0.2, -0.15) is 5.10 Å². The summed E-state index contributed by atoms with van der Waals surface area (Å²) in [5.41, 5.74) is 1.18. The number of nitrogens with zero attached hydrogens (tertiary/aromatic N) is 2. The van der Waals surface area contributed by atoms with Crippen LogP contribution >= 0.6 is 11.8 Å². The molecule has 0 aromatic heterocycles. The number of carbonyl (C=O) groups is 3. The predicted molar refractivity (Wildman–Crippen MR) is 109 cm³/mol. The number of amides is 1. The third kappa shape index (κ3) is 5.63. The summed E-state index contributed by atoms with van der Waals surface area (Å²) in [4.78, 5) is 35.1. The number of hydrogen-bond donors (Lipinski definition) is 1. The molecule has 0 saturated carbocycles. The van der Waals surface area contributed by atoms with E-state index < -0.39 is 17.8 Å². The van der Waals surface area contributed by atoms with E-state index in [9.17, 15) is 14.4 Å². The van der Waals surface area contributed by atoms with E-state index in [1.807, 2.05) is 6.07 Å². The number of hydrogen-bond acceptors (Lipinski definition) is 8. The zero-order valence-electron chi connectivity index (χ0n) is 15.2. The number of benzene rings is 2. The highest BCUT2D eigenvalue weighted by molar-refractivity contribution is 8.18. The minimum Gasteiger partial charge on any atom is -0.466 e. The molecule has 1 heterocycles. The van der Waals surface area contributed by atoms with Crippen LogP contribution in [0, 0.1) is 0 Å². The Balaban J connectivity index is 1.58. The van der Waals surface area contributed by atoms with E-state index in [0.717, 1.165) is 17.8 Å². The smallest absolute Gasteiger partial charge is 0.343 e. The maximum absolute atomic E-state index is 12.0. The summed E-state index contributed by atoms with van der Waals surface area (Å²) in [7, 11) is 1.23. The van der Waals surface area contributed by atoms with Gasteiger partial charge in [0.2, 0.25) is 0 Å². The molecule has 3 rings (SSSR count). The molecule has 2 aromatic carbocycles. The molecule has 8 nitrogen and oxygen atoms in total. The van der Waals surface area contributed by atoms with Crippen molar-refractivity contribution >= 4 is 41.0 Å². The molecular weight excluding hydrogens is 394 g/mol. The molecule has 2 aromatic rings. The van der Waals surface area contributed by atoms with Crippen molar-refractivity contribution in [1.29, 1.82) is 0 Å². The van der Waals surface area contributed by atoms with Crippen molar-refractivity contribution in [3.63, 3.8) is 0 Å². The second-order valence-corrected chi connectivity index (χ2v) is 6.59. The second kappa shape index (κ2) is 9.47. The maximum atomic E-state index is 12.0. The highest BCUT2D eigenvalue weighted by Gasteiger charge is 2.24. The van der Waals surface area contributed by atoms with Gasteiger partial charge in [-0.05, 0) is 53.7 Å². The molecule has 1 N–H and O–H groups in total. The molecule has 1 saturated heterocycles. The van der Waals surface area contributed by atoms with Gasteiger partial charge in [0.1, 0.15) is 5.75 Å². The highest BCUT2D eigenvalue weighted by Crippen LogP contribution is 2.23. The SMILES string of the molecule is COC(=O)/C=C1/S/C(=N\N=Cc2ccc(OC(=O)c3ccccc3)cc2)NC1=O. The van der Waals surface area contributed by atoms with Crippen molar-refractivity contribution in [1.82, 2.24) is 5.32 Å². The van der Waals surface area contributed by atoms with E-state index in [1.165, 1.54) is 13.3 Å². The lowest BCUT2D eigenvalue weighted by molar-refractivity contribution is -0.135. The lowest BCUT2D eigenvalue weighted by atomic mass is 10.2. The molecule has 9 heteroatoms. The fraction of sp³-hybridized carbons (Fsp3) is 0.0500. The molecular formula is C20H15N3O5S. The van der Waals surface area contributed by atoms with Gasteiger partial charge in [-0.15, -0.1) is 5.10 Å². The monoisotopic (exact) mass is 409 g/mol. The van der Waals surface area contributed by atoms with Gasteiger partial charge in [0.05, 0.1) is 23.8 Å². The normalized spacial score (nSPS) is 16.2. The zero-order chi connectivity index (χ0) is 20.6. The number of ether oxygens (including phenoxy) is 2. The van der Waals surface area contributed by atoms with E-state index in [0.29, 0.717) is 16.9 Å². The van der Waals surface area contributed by atoms with Crippen LogP contribution in [0.25, 0.3) is 0 Å². The van der Waals surface area contributed by atoms with Gasteiger partial charge in [-0.1, -0.05) is 18.2 Å². The van der Waals surface area contributed by atoms with Crippen LogP contribution in [0.2, 0.25) is 0 Å². The molecule has 1 aliphatic heterocycles. The Kier molecular flexibility index (Phi) is 6.54. The first-order valence-electron chi connectivity index (χ1n) is 8.32. The highest BCUT2D eigenvalue weighted by atomic mass is 32.2. The van der Waals surface area contributed by atoms with Gasteiger partial charge in [-0.25, -0.2) is 9.59 Å². The Morgan fingerprint density at radius 1 is 1.07 bits per heavy atom. The summed E-state index contributed by atoms with van der Waals surface area (Å²) >= 11 is 0.983. The Morgan fingerprint density at radius 3 is 2.48 bits per heavy atom.